The lowest BCUT2D eigenvalue weighted by molar-refractivity contribution is -0.139. The number of amides is 2. The van der Waals surface area contributed by atoms with Gasteiger partial charge in [0, 0.05) is 7.11 Å². The Labute approximate surface area is 113 Å². The molecule has 110 valence electrons. The molecule has 1 rings (SSSR count). The number of hydrogen-bond acceptors (Lipinski definition) is 3. The van der Waals surface area contributed by atoms with Gasteiger partial charge in [-0.1, -0.05) is 13.8 Å². The third-order valence-electron chi connectivity index (χ3n) is 3.65. The van der Waals surface area contributed by atoms with Crippen LogP contribution in [0.5, 0.6) is 0 Å². The third kappa shape index (κ3) is 4.70. The minimum Gasteiger partial charge on any atom is -0.481 e. The molecule has 0 radical (unpaired) electrons. The van der Waals surface area contributed by atoms with Gasteiger partial charge in [0.2, 0.25) is 0 Å². The summed E-state index contributed by atoms with van der Waals surface area (Å²) in [5, 5.41) is 14.6. The van der Waals surface area contributed by atoms with E-state index in [1.165, 1.54) is 0 Å². The molecular formula is C13H24N2O4. The van der Waals surface area contributed by atoms with E-state index in [0.717, 1.165) is 19.3 Å². The molecule has 1 aliphatic carbocycles. The summed E-state index contributed by atoms with van der Waals surface area (Å²) >= 11 is 0. The molecule has 0 bridgehead atoms. The van der Waals surface area contributed by atoms with Crippen molar-refractivity contribution < 1.29 is 19.4 Å². The molecule has 6 heteroatoms. The Morgan fingerprint density at radius 2 is 2.00 bits per heavy atom. The molecule has 1 saturated carbocycles. The normalized spacial score (nSPS) is 18.5. The van der Waals surface area contributed by atoms with Gasteiger partial charge in [0.25, 0.3) is 0 Å². The smallest absolute Gasteiger partial charge is 0.315 e. The fraction of sp³-hybridized carbons (Fsp3) is 0.846. The van der Waals surface area contributed by atoms with Crippen molar-refractivity contribution in [2.24, 2.45) is 5.92 Å². The van der Waals surface area contributed by atoms with Gasteiger partial charge in [-0.25, -0.2) is 4.79 Å². The number of carboxylic acid groups (broad SMARTS) is 1. The summed E-state index contributed by atoms with van der Waals surface area (Å²) < 4.78 is 5.06. The number of rotatable bonds is 7. The summed E-state index contributed by atoms with van der Waals surface area (Å²) in [5.74, 6) is -0.625. The summed E-state index contributed by atoms with van der Waals surface area (Å²) in [6.07, 6.45) is 2.39. The van der Waals surface area contributed by atoms with Gasteiger partial charge in [-0.2, -0.15) is 0 Å². The third-order valence-corrected chi connectivity index (χ3v) is 3.65. The Hall–Kier alpha value is -1.30. The number of urea groups is 1. The summed E-state index contributed by atoms with van der Waals surface area (Å²) in [4.78, 5) is 22.8. The topological polar surface area (TPSA) is 87.7 Å². The van der Waals surface area contributed by atoms with Crippen LogP contribution in [0.4, 0.5) is 4.79 Å². The number of nitrogens with one attached hydrogen (secondary N) is 2. The zero-order chi connectivity index (χ0) is 14.5. The van der Waals surface area contributed by atoms with Crippen LogP contribution in [0.3, 0.4) is 0 Å². The molecule has 6 nitrogen and oxygen atoms in total. The van der Waals surface area contributed by atoms with Crippen molar-refractivity contribution in [3.63, 3.8) is 0 Å². The maximum Gasteiger partial charge on any atom is 0.315 e. The predicted molar refractivity (Wildman–Crippen MR) is 71.0 cm³/mol. The fourth-order valence-electron chi connectivity index (χ4n) is 2.26. The quantitative estimate of drug-likeness (QED) is 0.653. The van der Waals surface area contributed by atoms with Crippen LogP contribution in [-0.4, -0.2) is 42.4 Å². The van der Waals surface area contributed by atoms with Crippen molar-refractivity contribution in [2.75, 3.05) is 13.7 Å². The predicted octanol–water partition coefficient (Wildman–Crippen LogP) is 1.35. The summed E-state index contributed by atoms with van der Waals surface area (Å²) in [7, 11) is 1.59. The average molecular weight is 272 g/mol. The summed E-state index contributed by atoms with van der Waals surface area (Å²) in [6, 6.07) is -0.386. The molecule has 1 fully saturated rings. The van der Waals surface area contributed by atoms with E-state index in [1.807, 2.05) is 13.8 Å². The monoisotopic (exact) mass is 272 g/mol. The molecule has 0 aromatic rings. The minimum atomic E-state index is -0.877. The minimum absolute atomic E-state index is 0.0168. The molecule has 0 heterocycles. The second kappa shape index (κ2) is 6.75. The molecule has 0 aromatic heterocycles. The van der Waals surface area contributed by atoms with Crippen LogP contribution >= 0.6 is 0 Å². The van der Waals surface area contributed by atoms with E-state index in [2.05, 4.69) is 10.6 Å². The van der Waals surface area contributed by atoms with Gasteiger partial charge in [0.1, 0.15) is 0 Å². The highest BCUT2D eigenvalue weighted by atomic mass is 16.5. The highest BCUT2D eigenvalue weighted by Crippen LogP contribution is 2.34. The first-order chi connectivity index (χ1) is 8.88. The Bertz CT molecular complexity index is 327. The van der Waals surface area contributed by atoms with Crippen LogP contribution in [-0.2, 0) is 9.53 Å². The van der Waals surface area contributed by atoms with Gasteiger partial charge in [0.15, 0.2) is 0 Å². The van der Waals surface area contributed by atoms with E-state index in [1.54, 1.807) is 7.11 Å². The van der Waals surface area contributed by atoms with Crippen molar-refractivity contribution in [1.82, 2.24) is 10.6 Å². The molecule has 2 amide bonds. The lowest BCUT2D eigenvalue weighted by Crippen LogP contribution is -2.59. The Kier molecular flexibility index (Phi) is 5.60. The Balaban J connectivity index is 2.50. The van der Waals surface area contributed by atoms with Crippen molar-refractivity contribution in [2.45, 2.75) is 51.1 Å². The van der Waals surface area contributed by atoms with Crippen molar-refractivity contribution in [3.8, 4) is 0 Å². The highest BCUT2D eigenvalue weighted by Gasteiger charge is 2.40. The van der Waals surface area contributed by atoms with Crippen molar-refractivity contribution in [1.29, 1.82) is 0 Å². The zero-order valence-electron chi connectivity index (χ0n) is 11.9. The number of aliphatic carboxylic acids is 1. The van der Waals surface area contributed by atoms with E-state index in [9.17, 15) is 9.59 Å². The van der Waals surface area contributed by atoms with Crippen molar-refractivity contribution >= 4 is 12.0 Å². The van der Waals surface area contributed by atoms with E-state index in [-0.39, 0.29) is 24.4 Å². The molecule has 0 saturated heterocycles. The maximum atomic E-state index is 12.0. The molecule has 1 unspecified atom stereocenters. The number of ether oxygens (including phenoxy) is 1. The largest absolute Gasteiger partial charge is 0.481 e. The molecule has 0 aliphatic heterocycles. The maximum absolute atomic E-state index is 12.0. The van der Waals surface area contributed by atoms with Gasteiger partial charge in [-0.05, 0) is 25.2 Å². The van der Waals surface area contributed by atoms with Crippen LogP contribution in [0, 0.1) is 5.92 Å². The van der Waals surface area contributed by atoms with Gasteiger partial charge >= 0.3 is 12.0 Å². The second-order valence-electron chi connectivity index (χ2n) is 5.61. The first-order valence-electron chi connectivity index (χ1n) is 6.68. The zero-order valence-corrected chi connectivity index (χ0v) is 11.9. The van der Waals surface area contributed by atoms with Crippen LogP contribution < -0.4 is 10.6 Å². The first kappa shape index (κ1) is 15.8. The molecule has 3 N–H and O–H groups in total. The van der Waals surface area contributed by atoms with Crippen LogP contribution in [0.25, 0.3) is 0 Å². The van der Waals surface area contributed by atoms with Crippen molar-refractivity contribution in [3.05, 3.63) is 0 Å². The van der Waals surface area contributed by atoms with E-state index in [4.69, 9.17) is 9.84 Å². The standard InChI is InChI=1S/C13H24N2O4/c1-9(2)10(8-19-3)14-12(18)15-13(5-4-6-13)7-11(16)17/h9-10H,4-8H2,1-3H3,(H,16,17)(H2,14,15,18). The lowest BCUT2D eigenvalue weighted by atomic mass is 9.74. The molecule has 19 heavy (non-hydrogen) atoms. The van der Waals surface area contributed by atoms with E-state index >= 15 is 0 Å². The molecule has 0 aromatic carbocycles. The molecular weight excluding hydrogens is 248 g/mol. The van der Waals surface area contributed by atoms with E-state index < -0.39 is 11.5 Å². The SMILES string of the molecule is COCC(NC(=O)NC1(CC(=O)O)CCC1)C(C)C. The van der Waals surface area contributed by atoms with Crippen LogP contribution in [0.15, 0.2) is 0 Å². The summed E-state index contributed by atoms with van der Waals surface area (Å²) in [5.41, 5.74) is -0.565. The Morgan fingerprint density at radius 3 is 2.37 bits per heavy atom. The van der Waals surface area contributed by atoms with E-state index in [0.29, 0.717) is 6.61 Å². The Morgan fingerprint density at radius 1 is 1.37 bits per heavy atom. The van der Waals surface area contributed by atoms with Gasteiger partial charge < -0.3 is 20.5 Å². The lowest BCUT2D eigenvalue weighted by Gasteiger charge is -2.41. The number of hydrogen-bond donors (Lipinski definition) is 3. The van der Waals surface area contributed by atoms with Crippen LogP contribution in [0.2, 0.25) is 0 Å². The summed E-state index contributed by atoms with van der Waals surface area (Å²) in [6.45, 7) is 4.44. The van der Waals surface area contributed by atoms with Crippen LogP contribution in [0.1, 0.15) is 39.5 Å². The van der Waals surface area contributed by atoms with Gasteiger partial charge in [-0.3, -0.25) is 4.79 Å². The highest BCUT2D eigenvalue weighted by molar-refractivity contribution is 5.77. The molecule has 1 aliphatic rings. The fourth-order valence-corrected chi connectivity index (χ4v) is 2.26. The average Bonchev–Trinajstić information content (AvgIpc) is 2.24. The number of carbonyl (C=O) groups excluding carboxylic acids is 1. The molecule has 0 spiro atoms. The van der Waals surface area contributed by atoms with Gasteiger partial charge in [0.05, 0.1) is 24.6 Å². The number of methoxy groups -OCH3 is 1. The van der Waals surface area contributed by atoms with Gasteiger partial charge in [-0.15, -0.1) is 0 Å². The molecule has 1 atom stereocenters. The number of carbonyl (C=O) groups is 2. The number of carboxylic acids is 1. The second-order valence-corrected chi connectivity index (χ2v) is 5.61. The first-order valence-corrected chi connectivity index (χ1v) is 6.68.